The van der Waals surface area contributed by atoms with Crippen molar-refractivity contribution < 1.29 is 27.1 Å². The molecule has 4 aromatic carbocycles. The van der Waals surface area contributed by atoms with Crippen molar-refractivity contribution in [1.82, 2.24) is 0 Å². The molecule has 190 valence electrons. The number of benzene rings is 4. The zero-order chi connectivity index (χ0) is 26.3. The van der Waals surface area contributed by atoms with E-state index in [1.807, 2.05) is 30.3 Å². The van der Waals surface area contributed by atoms with Gasteiger partial charge >= 0.3 is 0 Å². The fourth-order valence-corrected chi connectivity index (χ4v) is 4.33. The van der Waals surface area contributed by atoms with Crippen LogP contribution in [0.4, 0.5) is 15.8 Å². The molecule has 0 aliphatic heterocycles. The Hall–Kier alpha value is -4.37. The van der Waals surface area contributed by atoms with Crippen LogP contribution in [-0.4, -0.2) is 27.2 Å². The van der Waals surface area contributed by atoms with Crippen molar-refractivity contribution in [2.75, 3.05) is 22.5 Å². The number of hydrogen-bond donors (Lipinski definition) is 1. The number of hydrogen-bond acceptors (Lipinski definition) is 5. The predicted octanol–water partition coefficient (Wildman–Crippen LogP) is 5.60. The standard InChI is InChI=1S/C28H25FN2O5S/c1-37(33,34)31(19-21-7-9-22(29)10-8-21)24-13-17-25(18-14-24)35-20-28(32)30-23-11-15-27(16-12-23)36-26-5-3-2-4-6-26/h2-18H,19-20H2,1H3,(H,30,32). The summed E-state index contributed by atoms with van der Waals surface area (Å²) >= 11 is 0. The molecule has 0 aliphatic carbocycles. The van der Waals surface area contributed by atoms with Crippen LogP contribution >= 0.6 is 0 Å². The summed E-state index contributed by atoms with van der Waals surface area (Å²) in [7, 11) is -3.59. The lowest BCUT2D eigenvalue weighted by Crippen LogP contribution is -2.29. The van der Waals surface area contributed by atoms with E-state index in [1.165, 1.54) is 28.6 Å². The van der Waals surface area contributed by atoms with Crippen LogP contribution in [0.3, 0.4) is 0 Å². The highest BCUT2D eigenvalue weighted by Gasteiger charge is 2.18. The molecule has 1 N–H and O–H groups in total. The van der Waals surface area contributed by atoms with Crippen molar-refractivity contribution in [1.29, 1.82) is 0 Å². The second-order valence-electron chi connectivity index (χ2n) is 8.17. The minimum absolute atomic E-state index is 0.0525. The highest BCUT2D eigenvalue weighted by Crippen LogP contribution is 2.25. The zero-order valence-electron chi connectivity index (χ0n) is 20.0. The lowest BCUT2D eigenvalue weighted by molar-refractivity contribution is -0.118. The monoisotopic (exact) mass is 520 g/mol. The first-order valence-corrected chi connectivity index (χ1v) is 13.2. The van der Waals surface area contributed by atoms with E-state index in [9.17, 15) is 17.6 Å². The number of nitrogens with one attached hydrogen (secondary N) is 1. The smallest absolute Gasteiger partial charge is 0.262 e. The molecule has 1 amide bonds. The highest BCUT2D eigenvalue weighted by atomic mass is 32.2. The third kappa shape index (κ3) is 7.55. The van der Waals surface area contributed by atoms with Gasteiger partial charge in [0.15, 0.2) is 6.61 Å². The second kappa shape index (κ2) is 11.6. The fourth-order valence-electron chi connectivity index (χ4n) is 3.44. The van der Waals surface area contributed by atoms with Crippen LogP contribution in [0, 0.1) is 5.82 Å². The van der Waals surface area contributed by atoms with Gasteiger partial charge in [-0.3, -0.25) is 9.10 Å². The summed E-state index contributed by atoms with van der Waals surface area (Å²) in [5, 5.41) is 2.75. The Kier molecular flexibility index (Phi) is 8.05. The molecule has 0 atom stereocenters. The average molecular weight is 521 g/mol. The molecular weight excluding hydrogens is 495 g/mol. The Morgan fingerprint density at radius 3 is 2.03 bits per heavy atom. The lowest BCUT2D eigenvalue weighted by atomic mass is 10.2. The Bertz CT molecular complexity index is 1430. The van der Waals surface area contributed by atoms with Crippen molar-refractivity contribution in [3.8, 4) is 17.2 Å². The highest BCUT2D eigenvalue weighted by molar-refractivity contribution is 7.92. The van der Waals surface area contributed by atoms with Crippen LogP contribution in [0.1, 0.15) is 5.56 Å². The van der Waals surface area contributed by atoms with E-state index in [0.717, 1.165) is 6.26 Å². The van der Waals surface area contributed by atoms with Crippen molar-refractivity contribution in [2.24, 2.45) is 0 Å². The van der Waals surface area contributed by atoms with Crippen LogP contribution in [0.5, 0.6) is 17.2 Å². The number of ether oxygens (including phenoxy) is 2. The van der Waals surface area contributed by atoms with Crippen molar-refractivity contribution in [3.05, 3.63) is 115 Å². The Morgan fingerprint density at radius 2 is 1.41 bits per heavy atom. The zero-order valence-corrected chi connectivity index (χ0v) is 20.8. The summed E-state index contributed by atoms with van der Waals surface area (Å²) in [6.07, 6.45) is 1.10. The third-order valence-corrected chi connectivity index (χ3v) is 6.39. The maximum atomic E-state index is 13.2. The number of carbonyl (C=O) groups is 1. The first kappa shape index (κ1) is 25.7. The molecule has 0 saturated heterocycles. The minimum atomic E-state index is -3.59. The Labute approximate surface area is 215 Å². The number of nitrogens with zero attached hydrogens (tertiary/aromatic N) is 1. The van der Waals surface area contributed by atoms with E-state index in [4.69, 9.17) is 9.47 Å². The molecule has 4 rings (SSSR count). The van der Waals surface area contributed by atoms with Gasteiger partial charge in [-0.15, -0.1) is 0 Å². The predicted molar refractivity (Wildman–Crippen MR) is 141 cm³/mol. The molecule has 7 nitrogen and oxygen atoms in total. The molecule has 0 saturated carbocycles. The molecule has 9 heteroatoms. The van der Waals surface area contributed by atoms with Gasteiger partial charge in [-0.1, -0.05) is 30.3 Å². The van der Waals surface area contributed by atoms with E-state index in [-0.39, 0.29) is 19.1 Å². The molecular formula is C28H25FN2O5S. The summed E-state index contributed by atoms with van der Waals surface area (Å²) in [4.78, 5) is 12.3. The molecule has 0 radical (unpaired) electrons. The SMILES string of the molecule is CS(=O)(=O)N(Cc1ccc(F)cc1)c1ccc(OCC(=O)Nc2ccc(Oc3ccccc3)cc2)cc1. The largest absolute Gasteiger partial charge is 0.484 e. The summed E-state index contributed by atoms with van der Waals surface area (Å²) in [6.45, 7) is -0.177. The fraction of sp³-hybridized carbons (Fsp3) is 0.107. The molecule has 0 spiro atoms. The normalized spacial score (nSPS) is 11.0. The van der Waals surface area contributed by atoms with E-state index in [0.29, 0.717) is 34.2 Å². The van der Waals surface area contributed by atoms with Gasteiger partial charge in [0, 0.05) is 5.69 Å². The average Bonchev–Trinajstić information content (AvgIpc) is 2.89. The molecule has 37 heavy (non-hydrogen) atoms. The number of rotatable bonds is 10. The van der Waals surface area contributed by atoms with Gasteiger partial charge in [-0.2, -0.15) is 0 Å². The number of anilines is 2. The maximum absolute atomic E-state index is 13.2. The summed E-state index contributed by atoms with van der Waals surface area (Å²) in [5.41, 5.74) is 1.65. The molecule has 0 unspecified atom stereocenters. The quantitative estimate of drug-likeness (QED) is 0.294. The van der Waals surface area contributed by atoms with Crippen molar-refractivity contribution in [3.63, 3.8) is 0 Å². The van der Waals surface area contributed by atoms with E-state index < -0.39 is 15.8 Å². The van der Waals surface area contributed by atoms with Gasteiger partial charge in [0.05, 0.1) is 18.5 Å². The van der Waals surface area contributed by atoms with E-state index in [1.54, 1.807) is 48.5 Å². The van der Waals surface area contributed by atoms with Crippen LogP contribution in [0.25, 0.3) is 0 Å². The lowest BCUT2D eigenvalue weighted by Gasteiger charge is -2.22. The summed E-state index contributed by atoms with van der Waals surface area (Å²) in [6, 6.07) is 28.3. The number of halogens is 1. The van der Waals surface area contributed by atoms with Gasteiger partial charge in [-0.05, 0) is 78.4 Å². The number of para-hydroxylation sites is 1. The maximum Gasteiger partial charge on any atom is 0.262 e. The van der Waals surface area contributed by atoms with Crippen LogP contribution < -0.4 is 19.1 Å². The van der Waals surface area contributed by atoms with Gasteiger partial charge in [0.1, 0.15) is 23.1 Å². The molecule has 0 fully saturated rings. The van der Waals surface area contributed by atoms with Gasteiger partial charge < -0.3 is 14.8 Å². The molecule has 0 aliphatic rings. The third-order valence-electron chi connectivity index (χ3n) is 5.25. The first-order chi connectivity index (χ1) is 17.8. The van der Waals surface area contributed by atoms with E-state index >= 15 is 0 Å². The first-order valence-electron chi connectivity index (χ1n) is 11.3. The van der Waals surface area contributed by atoms with Crippen molar-refractivity contribution in [2.45, 2.75) is 6.54 Å². The summed E-state index contributed by atoms with van der Waals surface area (Å²) < 4.78 is 50.4. The number of sulfonamides is 1. The Balaban J connectivity index is 1.31. The molecule has 0 bridgehead atoms. The van der Waals surface area contributed by atoms with Crippen LogP contribution in [-0.2, 0) is 21.4 Å². The van der Waals surface area contributed by atoms with Gasteiger partial charge in [-0.25, -0.2) is 12.8 Å². The van der Waals surface area contributed by atoms with Crippen molar-refractivity contribution >= 4 is 27.3 Å². The second-order valence-corrected chi connectivity index (χ2v) is 10.1. The molecule has 4 aromatic rings. The molecule has 0 heterocycles. The van der Waals surface area contributed by atoms with E-state index in [2.05, 4.69) is 5.32 Å². The topological polar surface area (TPSA) is 84.9 Å². The van der Waals surface area contributed by atoms with Crippen LogP contribution in [0.15, 0.2) is 103 Å². The molecule has 0 aromatic heterocycles. The van der Waals surface area contributed by atoms with Crippen LogP contribution in [0.2, 0.25) is 0 Å². The number of amides is 1. The minimum Gasteiger partial charge on any atom is -0.484 e. The Morgan fingerprint density at radius 1 is 0.811 bits per heavy atom. The van der Waals surface area contributed by atoms with Gasteiger partial charge in [0.2, 0.25) is 10.0 Å². The number of carbonyl (C=O) groups excluding carboxylic acids is 1. The summed E-state index contributed by atoms with van der Waals surface area (Å²) in [5.74, 6) is 1.02. The van der Waals surface area contributed by atoms with Gasteiger partial charge in [0.25, 0.3) is 5.91 Å².